The highest BCUT2D eigenvalue weighted by Crippen LogP contribution is 2.60. The summed E-state index contributed by atoms with van der Waals surface area (Å²) < 4.78 is 27.3. The molecule has 0 N–H and O–H groups in total. The lowest BCUT2D eigenvalue weighted by molar-refractivity contribution is 0.220. The standard InChI is InChI=1S/C10H13O4PS/c1-3-7-16-15(11,13-4-2)14-9-10-5-6-12-8-10/h1,5-6,8H,4,7,9H2,2H3. The van der Waals surface area contributed by atoms with Crippen LogP contribution in [-0.2, 0) is 20.2 Å². The first-order valence-electron chi connectivity index (χ1n) is 4.68. The second-order valence-corrected chi connectivity index (χ2v) is 6.82. The van der Waals surface area contributed by atoms with E-state index >= 15 is 0 Å². The van der Waals surface area contributed by atoms with Crippen molar-refractivity contribution in [1.82, 2.24) is 0 Å². The summed E-state index contributed by atoms with van der Waals surface area (Å²) in [5.41, 5.74) is 0.807. The van der Waals surface area contributed by atoms with Gasteiger partial charge in [0.1, 0.15) is 0 Å². The fourth-order valence-electron chi connectivity index (χ4n) is 0.915. The van der Waals surface area contributed by atoms with Gasteiger partial charge in [0.15, 0.2) is 0 Å². The third-order valence-corrected chi connectivity index (χ3v) is 5.16. The van der Waals surface area contributed by atoms with Crippen molar-refractivity contribution >= 4 is 18.2 Å². The predicted octanol–water partition coefficient (Wildman–Crippen LogP) is 3.31. The smallest absolute Gasteiger partial charge is 0.390 e. The molecule has 0 amide bonds. The molecule has 6 heteroatoms. The van der Waals surface area contributed by atoms with Crippen LogP contribution >= 0.6 is 18.2 Å². The minimum Gasteiger partial charge on any atom is -0.472 e. The summed E-state index contributed by atoms with van der Waals surface area (Å²) >= 11 is 1.01. The van der Waals surface area contributed by atoms with E-state index in [1.807, 2.05) is 0 Å². The molecule has 0 aromatic carbocycles. The molecule has 0 saturated carbocycles. The normalized spacial score (nSPS) is 14.2. The zero-order valence-electron chi connectivity index (χ0n) is 8.92. The second-order valence-electron chi connectivity index (χ2n) is 2.75. The number of hydrogen-bond donors (Lipinski definition) is 0. The number of rotatable bonds is 7. The first kappa shape index (κ1) is 13.4. The molecule has 0 fully saturated rings. The van der Waals surface area contributed by atoms with Crippen molar-refractivity contribution < 1.29 is 18.0 Å². The van der Waals surface area contributed by atoms with Gasteiger partial charge >= 0.3 is 6.80 Å². The van der Waals surface area contributed by atoms with Crippen molar-refractivity contribution in [2.24, 2.45) is 0 Å². The Balaban J connectivity index is 2.50. The van der Waals surface area contributed by atoms with Gasteiger partial charge in [-0.05, 0) is 24.4 Å². The summed E-state index contributed by atoms with van der Waals surface area (Å²) in [6, 6.07) is 1.74. The molecule has 1 aromatic rings. The number of hydrogen-bond acceptors (Lipinski definition) is 5. The lowest BCUT2D eigenvalue weighted by atomic mass is 10.4. The Morgan fingerprint density at radius 1 is 1.62 bits per heavy atom. The van der Waals surface area contributed by atoms with Crippen molar-refractivity contribution in [3.05, 3.63) is 24.2 Å². The fraction of sp³-hybridized carbons (Fsp3) is 0.400. The Hall–Kier alpha value is -0.660. The monoisotopic (exact) mass is 260 g/mol. The van der Waals surface area contributed by atoms with E-state index in [-0.39, 0.29) is 6.61 Å². The predicted molar refractivity (Wildman–Crippen MR) is 64.0 cm³/mol. The van der Waals surface area contributed by atoms with Gasteiger partial charge in [0.2, 0.25) is 0 Å². The fourth-order valence-corrected chi connectivity index (χ4v) is 3.61. The molecule has 88 valence electrons. The molecular weight excluding hydrogens is 247 g/mol. The van der Waals surface area contributed by atoms with E-state index < -0.39 is 6.80 Å². The molecule has 0 radical (unpaired) electrons. The Labute approximate surface area is 99.0 Å². The number of furan rings is 1. The van der Waals surface area contributed by atoms with Gasteiger partial charge in [-0.2, -0.15) is 0 Å². The van der Waals surface area contributed by atoms with Crippen LogP contribution in [0, 0.1) is 12.3 Å². The van der Waals surface area contributed by atoms with Crippen LogP contribution in [0.25, 0.3) is 0 Å². The molecule has 1 heterocycles. The molecule has 0 aliphatic heterocycles. The van der Waals surface area contributed by atoms with E-state index in [4.69, 9.17) is 19.9 Å². The van der Waals surface area contributed by atoms with Crippen molar-refractivity contribution in [2.45, 2.75) is 13.5 Å². The Morgan fingerprint density at radius 2 is 2.44 bits per heavy atom. The average molecular weight is 260 g/mol. The van der Waals surface area contributed by atoms with Gasteiger partial charge in [0.25, 0.3) is 0 Å². The van der Waals surface area contributed by atoms with Crippen LogP contribution in [0.4, 0.5) is 0 Å². The summed E-state index contributed by atoms with van der Waals surface area (Å²) in [4.78, 5) is 0. The molecule has 0 spiro atoms. The van der Waals surface area contributed by atoms with Gasteiger partial charge in [-0.15, -0.1) is 6.42 Å². The molecule has 0 aliphatic rings. The lowest BCUT2D eigenvalue weighted by Crippen LogP contribution is -1.93. The van der Waals surface area contributed by atoms with E-state index in [2.05, 4.69) is 5.92 Å². The molecule has 0 bridgehead atoms. The van der Waals surface area contributed by atoms with E-state index in [1.54, 1.807) is 13.0 Å². The third kappa shape index (κ3) is 4.46. The maximum Gasteiger partial charge on any atom is 0.390 e. The Kier molecular flexibility index (Phi) is 5.72. The van der Waals surface area contributed by atoms with Crippen molar-refractivity contribution in [3.63, 3.8) is 0 Å². The van der Waals surface area contributed by atoms with Gasteiger partial charge in [0, 0.05) is 5.56 Å². The molecular formula is C10H13O4PS. The van der Waals surface area contributed by atoms with E-state index in [0.29, 0.717) is 12.4 Å². The molecule has 1 aromatic heterocycles. The van der Waals surface area contributed by atoms with Crippen LogP contribution in [0.5, 0.6) is 0 Å². The summed E-state index contributed by atoms with van der Waals surface area (Å²) in [7, 11) is 0. The zero-order valence-corrected chi connectivity index (χ0v) is 10.6. The van der Waals surface area contributed by atoms with E-state index in [1.165, 1.54) is 12.5 Å². The molecule has 16 heavy (non-hydrogen) atoms. The van der Waals surface area contributed by atoms with E-state index in [0.717, 1.165) is 16.9 Å². The highest BCUT2D eigenvalue weighted by molar-refractivity contribution is 8.55. The van der Waals surface area contributed by atoms with Crippen LogP contribution < -0.4 is 0 Å². The molecule has 0 aliphatic carbocycles. The van der Waals surface area contributed by atoms with Gasteiger partial charge < -0.3 is 8.94 Å². The quantitative estimate of drug-likeness (QED) is 0.556. The summed E-state index contributed by atoms with van der Waals surface area (Å²) in [6.07, 6.45) is 8.16. The lowest BCUT2D eigenvalue weighted by Gasteiger charge is -2.15. The van der Waals surface area contributed by atoms with Crippen LogP contribution in [0.1, 0.15) is 12.5 Å². The van der Waals surface area contributed by atoms with Gasteiger partial charge in [0.05, 0.1) is 31.5 Å². The molecule has 0 saturated heterocycles. The maximum atomic E-state index is 12.1. The van der Waals surface area contributed by atoms with Crippen LogP contribution in [0.15, 0.2) is 23.0 Å². The van der Waals surface area contributed by atoms with Crippen molar-refractivity contribution in [3.8, 4) is 12.3 Å². The molecule has 4 nitrogen and oxygen atoms in total. The Morgan fingerprint density at radius 3 is 3.00 bits per heavy atom. The molecule has 1 rings (SSSR count). The molecule has 1 atom stereocenters. The first-order chi connectivity index (χ1) is 7.70. The van der Waals surface area contributed by atoms with Crippen LogP contribution in [0.3, 0.4) is 0 Å². The highest BCUT2D eigenvalue weighted by atomic mass is 32.7. The Bertz CT molecular complexity index is 382. The van der Waals surface area contributed by atoms with Crippen LogP contribution in [0.2, 0.25) is 0 Å². The van der Waals surface area contributed by atoms with Crippen LogP contribution in [-0.4, -0.2) is 12.4 Å². The highest BCUT2D eigenvalue weighted by Gasteiger charge is 2.24. The average Bonchev–Trinajstić information content (AvgIpc) is 2.77. The van der Waals surface area contributed by atoms with Gasteiger partial charge in [-0.3, -0.25) is 4.52 Å². The summed E-state index contributed by atoms with van der Waals surface area (Å²) in [6.45, 7) is -0.885. The summed E-state index contributed by atoms with van der Waals surface area (Å²) in [5.74, 6) is 2.68. The largest absolute Gasteiger partial charge is 0.472 e. The summed E-state index contributed by atoms with van der Waals surface area (Å²) in [5, 5.41) is 0. The maximum absolute atomic E-state index is 12.1. The minimum absolute atomic E-state index is 0.186. The SMILES string of the molecule is C#CCSP(=O)(OCC)OCc1ccoc1. The van der Waals surface area contributed by atoms with E-state index in [9.17, 15) is 4.57 Å². The van der Waals surface area contributed by atoms with Gasteiger partial charge in [-0.1, -0.05) is 5.92 Å². The molecule has 1 unspecified atom stereocenters. The minimum atomic E-state index is -3.14. The number of terminal acetylenes is 1. The first-order valence-corrected chi connectivity index (χ1v) is 7.81. The van der Waals surface area contributed by atoms with Crippen molar-refractivity contribution in [2.75, 3.05) is 12.4 Å². The zero-order chi connectivity index (χ0) is 11.9. The van der Waals surface area contributed by atoms with Gasteiger partial charge in [-0.25, -0.2) is 4.57 Å². The topological polar surface area (TPSA) is 48.7 Å². The third-order valence-electron chi connectivity index (χ3n) is 1.56. The van der Waals surface area contributed by atoms with Crippen molar-refractivity contribution in [1.29, 1.82) is 0 Å². The second kappa shape index (κ2) is 6.82.